The van der Waals surface area contributed by atoms with Crippen LogP contribution in [0.2, 0.25) is 5.02 Å². The molecule has 1 aliphatic heterocycles. The quantitative estimate of drug-likeness (QED) is 0.856. The fourth-order valence-electron chi connectivity index (χ4n) is 2.84. The van der Waals surface area contributed by atoms with Crippen molar-refractivity contribution in [2.24, 2.45) is 0 Å². The van der Waals surface area contributed by atoms with Gasteiger partial charge in [-0.15, -0.1) is 0 Å². The Balaban J connectivity index is 1.77. The topological polar surface area (TPSA) is 79.6 Å². The van der Waals surface area contributed by atoms with Crippen molar-refractivity contribution in [2.75, 3.05) is 6.54 Å². The van der Waals surface area contributed by atoms with Gasteiger partial charge in [-0.05, 0) is 57.0 Å². The van der Waals surface area contributed by atoms with E-state index >= 15 is 0 Å². The number of nitrogens with one attached hydrogen (secondary N) is 1. The summed E-state index contributed by atoms with van der Waals surface area (Å²) in [4.78, 5) is 14.4. The van der Waals surface area contributed by atoms with Gasteiger partial charge in [-0.25, -0.2) is 13.1 Å². The van der Waals surface area contributed by atoms with E-state index in [1.807, 2.05) is 12.1 Å². The van der Waals surface area contributed by atoms with E-state index in [-0.39, 0.29) is 22.8 Å². The number of halogens is 1. The molecule has 3 rings (SSSR count). The van der Waals surface area contributed by atoms with Crippen LogP contribution in [-0.2, 0) is 10.0 Å². The highest BCUT2D eigenvalue weighted by Crippen LogP contribution is 2.35. The predicted octanol–water partition coefficient (Wildman–Crippen LogP) is 3.60. The van der Waals surface area contributed by atoms with Gasteiger partial charge in [0.1, 0.15) is 0 Å². The second-order valence-corrected chi connectivity index (χ2v) is 9.38. The summed E-state index contributed by atoms with van der Waals surface area (Å²) in [5, 5.41) is 0.373. The van der Waals surface area contributed by atoms with Crippen molar-refractivity contribution in [1.29, 1.82) is 0 Å². The Kier molecular flexibility index (Phi) is 4.90. The van der Waals surface area contributed by atoms with E-state index in [9.17, 15) is 13.2 Å². The highest BCUT2D eigenvalue weighted by molar-refractivity contribution is 7.89. The van der Waals surface area contributed by atoms with Gasteiger partial charge in [0.2, 0.25) is 5.09 Å². The summed E-state index contributed by atoms with van der Waals surface area (Å²) in [6.07, 6.45) is 0.838. The van der Waals surface area contributed by atoms with Crippen molar-refractivity contribution in [3.63, 3.8) is 0 Å². The highest BCUT2D eigenvalue weighted by atomic mass is 35.5. The minimum absolute atomic E-state index is 0.0120. The third kappa shape index (κ3) is 3.95. The molecule has 1 aromatic heterocycles. The maximum atomic E-state index is 12.7. The molecule has 1 amide bonds. The molecule has 140 valence electrons. The molecule has 0 unspecified atom stereocenters. The first-order valence-electron chi connectivity index (χ1n) is 8.27. The molecule has 26 heavy (non-hydrogen) atoms. The number of carbonyl (C=O) groups excluding carboxylic acids is 1. The van der Waals surface area contributed by atoms with Gasteiger partial charge >= 0.3 is 0 Å². The van der Waals surface area contributed by atoms with Crippen molar-refractivity contribution in [3.05, 3.63) is 52.7 Å². The van der Waals surface area contributed by atoms with Gasteiger partial charge in [0.05, 0.1) is 6.04 Å². The molecular formula is C18H21ClN2O4S. The van der Waals surface area contributed by atoms with E-state index in [1.54, 1.807) is 37.8 Å². The molecule has 6 nitrogen and oxygen atoms in total. The van der Waals surface area contributed by atoms with Crippen molar-refractivity contribution < 1.29 is 17.6 Å². The number of furan rings is 1. The van der Waals surface area contributed by atoms with Gasteiger partial charge in [0.15, 0.2) is 5.76 Å². The summed E-state index contributed by atoms with van der Waals surface area (Å²) in [5.74, 6) is -0.314. The standard InChI is InChI=1S/C18H21ClN2O4S/c1-18(2,3)20-26(23,24)16-9-8-15(25-16)17(22)21-11-10-14(21)12-4-6-13(19)7-5-12/h4-9,14,20H,10-11H2,1-3H3/t14-/m0/s1. The molecule has 0 radical (unpaired) electrons. The highest BCUT2D eigenvalue weighted by Gasteiger charge is 2.36. The molecule has 0 spiro atoms. The zero-order valence-corrected chi connectivity index (χ0v) is 16.4. The van der Waals surface area contributed by atoms with Gasteiger partial charge in [0, 0.05) is 17.1 Å². The van der Waals surface area contributed by atoms with Crippen LogP contribution in [0.1, 0.15) is 49.4 Å². The molecule has 8 heteroatoms. The number of nitrogens with zero attached hydrogens (tertiary/aromatic N) is 1. The predicted molar refractivity (Wildman–Crippen MR) is 98.6 cm³/mol. The van der Waals surface area contributed by atoms with Gasteiger partial charge in [-0.1, -0.05) is 23.7 Å². The summed E-state index contributed by atoms with van der Waals surface area (Å²) in [6, 6.07) is 9.99. The van der Waals surface area contributed by atoms with Gasteiger partial charge in [0.25, 0.3) is 15.9 Å². The molecule has 1 aromatic carbocycles. The molecule has 0 bridgehead atoms. The van der Waals surface area contributed by atoms with Crippen LogP contribution in [-0.4, -0.2) is 31.3 Å². The van der Waals surface area contributed by atoms with Gasteiger partial charge in [-0.2, -0.15) is 0 Å². The van der Waals surface area contributed by atoms with Crippen molar-refractivity contribution in [2.45, 2.75) is 43.9 Å². The number of sulfonamides is 1. The van der Waals surface area contributed by atoms with E-state index in [0.29, 0.717) is 11.6 Å². The first-order chi connectivity index (χ1) is 12.1. The van der Waals surface area contributed by atoms with Crippen LogP contribution in [0, 0.1) is 0 Å². The lowest BCUT2D eigenvalue weighted by atomic mass is 9.94. The molecule has 0 saturated carbocycles. The number of carbonyl (C=O) groups is 1. The van der Waals surface area contributed by atoms with E-state index in [4.69, 9.17) is 16.0 Å². The minimum atomic E-state index is -3.82. The molecule has 0 aliphatic carbocycles. The number of benzene rings is 1. The first kappa shape index (κ1) is 18.9. The maximum Gasteiger partial charge on any atom is 0.290 e. The minimum Gasteiger partial charge on any atom is -0.438 e. The van der Waals surface area contributed by atoms with Crippen LogP contribution < -0.4 is 4.72 Å². The number of hydrogen-bond acceptors (Lipinski definition) is 4. The van der Waals surface area contributed by atoms with E-state index in [0.717, 1.165) is 12.0 Å². The molecule has 1 aliphatic rings. The van der Waals surface area contributed by atoms with E-state index in [1.165, 1.54) is 12.1 Å². The third-order valence-electron chi connectivity index (χ3n) is 4.03. The molecule has 1 atom stereocenters. The van der Waals surface area contributed by atoms with Gasteiger partial charge < -0.3 is 9.32 Å². The lowest BCUT2D eigenvalue weighted by Gasteiger charge is -2.40. The SMILES string of the molecule is CC(C)(C)NS(=O)(=O)c1ccc(C(=O)N2CC[C@H]2c2ccc(Cl)cc2)o1. The van der Waals surface area contributed by atoms with Gasteiger partial charge in [-0.3, -0.25) is 4.79 Å². The Bertz CT molecular complexity index is 913. The Hall–Kier alpha value is -1.83. The summed E-state index contributed by atoms with van der Waals surface area (Å²) in [6.45, 7) is 5.79. The molecule has 1 N–H and O–H groups in total. The molecule has 1 saturated heterocycles. The van der Waals surface area contributed by atoms with Crippen molar-refractivity contribution >= 4 is 27.5 Å². The number of amides is 1. The van der Waals surface area contributed by atoms with Crippen LogP contribution in [0.15, 0.2) is 45.9 Å². The average molecular weight is 397 g/mol. The Morgan fingerprint density at radius 2 is 1.85 bits per heavy atom. The summed E-state index contributed by atoms with van der Waals surface area (Å²) < 4.78 is 32.5. The fourth-order valence-corrected chi connectivity index (χ4v) is 4.32. The van der Waals surface area contributed by atoms with E-state index in [2.05, 4.69) is 4.72 Å². The monoisotopic (exact) mass is 396 g/mol. The molecule has 2 aromatic rings. The van der Waals surface area contributed by atoms with Crippen LogP contribution in [0.3, 0.4) is 0 Å². The van der Waals surface area contributed by atoms with E-state index < -0.39 is 15.6 Å². The Labute approximate surface area is 158 Å². The van der Waals surface area contributed by atoms with Crippen LogP contribution in [0.5, 0.6) is 0 Å². The molecular weight excluding hydrogens is 376 g/mol. The van der Waals surface area contributed by atoms with Crippen molar-refractivity contribution in [1.82, 2.24) is 9.62 Å². The Morgan fingerprint density at radius 3 is 2.38 bits per heavy atom. The second-order valence-electron chi connectivity index (χ2n) is 7.33. The summed E-state index contributed by atoms with van der Waals surface area (Å²) in [5.41, 5.74) is 0.343. The normalized spacial score (nSPS) is 17.8. The zero-order chi connectivity index (χ0) is 19.1. The molecule has 2 heterocycles. The summed E-state index contributed by atoms with van der Waals surface area (Å²) >= 11 is 5.91. The lowest BCUT2D eigenvalue weighted by molar-refractivity contribution is 0.0422. The fraction of sp³-hybridized carbons (Fsp3) is 0.389. The number of rotatable bonds is 4. The maximum absolute atomic E-state index is 12.7. The van der Waals surface area contributed by atoms with Crippen molar-refractivity contribution in [3.8, 4) is 0 Å². The smallest absolute Gasteiger partial charge is 0.290 e. The molecule has 1 fully saturated rings. The Morgan fingerprint density at radius 1 is 1.19 bits per heavy atom. The second kappa shape index (κ2) is 6.72. The summed E-state index contributed by atoms with van der Waals surface area (Å²) in [7, 11) is -3.82. The number of hydrogen-bond donors (Lipinski definition) is 1. The average Bonchev–Trinajstić information content (AvgIpc) is 2.97. The largest absolute Gasteiger partial charge is 0.438 e. The van der Waals surface area contributed by atoms with Crippen LogP contribution >= 0.6 is 11.6 Å². The number of likely N-dealkylation sites (tertiary alicyclic amines) is 1. The first-order valence-corrected chi connectivity index (χ1v) is 10.1. The third-order valence-corrected chi connectivity index (χ3v) is 5.92. The zero-order valence-electron chi connectivity index (χ0n) is 14.8. The van der Waals surface area contributed by atoms with Crippen LogP contribution in [0.4, 0.5) is 0 Å². The lowest BCUT2D eigenvalue weighted by Crippen LogP contribution is -2.45. The van der Waals surface area contributed by atoms with Crippen LogP contribution in [0.25, 0.3) is 0 Å².